The maximum Gasteiger partial charge on any atom is 0.146 e. The number of hydrogen-bond acceptors (Lipinski definition) is 4. The highest BCUT2D eigenvalue weighted by Gasteiger charge is 2.08. The van der Waals surface area contributed by atoms with E-state index in [1.165, 1.54) is 0 Å². The van der Waals surface area contributed by atoms with E-state index in [2.05, 4.69) is 24.1 Å². The maximum atomic E-state index is 5.85. The normalized spacial score (nSPS) is 10.9. The van der Waals surface area contributed by atoms with Crippen LogP contribution >= 0.6 is 11.6 Å². The van der Waals surface area contributed by atoms with E-state index in [9.17, 15) is 0 Å². The molecule has 0 saturated heterocycles. The summed E-state index contributed by atoms with van der Waals surface area (Å²) in [5.41, 5.74) is 1.10. The predicted molar refractivity (Wildman–Crippen MR) is 74.3 cm³/mol. The van der Waals surface area contributed by atoms with Crippen molar-refractivity contribution in [2.24, 2.45) is 0 Å². The Balaban J connectivity index is 1.94. The summed E-state index contributed by atoms with van der Waals surface area (Å²) in [6, 6.07) is 4.11. The smallest absolute Gasteiger partial charge is 0.146 e. The number of ether oxygens (including phenoxy) is 1. The van der Waals surface area contributed by atoms with Crippen LogP contribution in [0, 0.1) is 0 Å². The molecule has 0 spiro atoms. The van der Waals surface area contributed by atoms with Crippen LogP contribution in [0.5, 0.6) is 5.75 Å². The van der Waals surface area contributed by atoms with Gasteiger partial charge in [0.05, 0.1) is 17.5 Å². The molecule has 2 aromatic rings. The number of nitrogens with zero attached hydrogens (tertiary/aromatic N) is 1. The quantitative estimate of drug-likeness (QED) is 0.881. The molecule has 19 heavy (non-hydrogen) atoms. The highest BCUT2D eigenvalue weighted by Crippen LogP contribution is 2.18. The molecule has 0 atom stereocenters. The van der Waals surface area contributed by atoms with E-state index in [0.29, 0.717) is 23.4 Å². The Labute approximate surface area is 117 Å². The van der Waals surface area contributed by atoms with Gasteiger partial charge < -0.3 is 14.5 Å². The van der Waals surface area contributed by atoms with Gasteiger partial charge in [0.15, 0.2) is 0 Å². The lowest BCUT2D eigenvalue weighted by molar-refractivity contribution is 0.267. The second-order valence-electron chi connectivity index (χ2n) is 4.53. The molecule has 0 aromatic carbocycles. The Morgan fingerprint density at radius 3 is 3.00 bits per heavy atom. The van der Waals surface area contributed by atoms with E-state index in [1.54, 1.807) is 24.7 Å². The lowest BCUT2D eigenvalue weighted by atomic mass is 10.2. The lowest BCUT2D eigenvalue weighted by Gasteiger charge is -2.09. The van der Waals surface area contributed by atoms with Crippen molar-refractivity contribution in [1.82, 2.24) is 10.3 Å². The number of pyridine rings is 1. The fourth-order valence-corrected chi connectivity index (χ4v) is 1.75. The molecule has 0 unspecified atom stereocenters. The molecule has 2 aromatic heterocycles. The summed E-state index contributed by atoms with van der Waals surface area (Å²) >= 11 is 5.85. The van der Waals surface area contributed by atoms with Crippen molar-refractivity contribution in [2.75, 3.05) is 0 Å². The molecule has 2 rings (SSSR count). The average molecular weight is 281 g/mol. The summed E-state index contributed by atoms with van der Waals surface area (Å²) in [4.78, 5) is 3.97. The molecule has 0 aliphatic heterocycles. The zero-order valence-electron chi connectivity index (χ0n) is 11.0. The van der Waals surface area contributed by atoms with E-state index >= 15 is 0 Å². The SMILES string of the molecule is CC(C)NCc1ccoc1COc1cncc(Cl)c1. The fourth-order valence-electron chi connectivity index (χ4n) is 1.59. The van der Waals surface area contributed by atoms with E-state index < -0.39 is 0 Å². The van der Waals surface area contributed by atoms with Crippen molar-refractivity contribution in [3.05, 3.63) is 47.1 Å². The molecule has 0 aliphatic rings. The van der Waals surface area contributed by atoms with Gasteiger partial charge in [-0.25, -0.2) is 0 Å². The number of nitrogens with one attached hydrogen (secondary N) is 1. The van der Waals surface area contributed by atoms with Crippen LogP contribution in [0.25, 0.3) is 0 Å². The minimum atomic E-state index is 0.365. The molecule has 1 N–H and O–H groups in total. The molecule has 5 heteroatoms. The van der Waals surface area contributed by atoms with Gasteiger partial charge in [-0.15, -0.1) is 0 Å². The van der Waals surface area contributed by atoms with Gasteiger partial charge >= 0.3 is 0 Å². The Morgan fingerprint density at radius 2 is 2.26 bits per heavy atom. The van der Waals surface area contributed by atoms with Crippen molar-refractivity contribution in [3.8, 4) is 5.75 Å². The van der Waals surface area contributed by atoms with Crippen LogP contribution in [-0.4, -0.2) is 11.0 Å². The van der Waals surface area contributed by atoms with E-state index in [1.807, 2.05) is 6.07 Å². The largest absolute Gasteiger partial charge is 0.484 e. The first kappa shape index (κ1) is 13.9. The van der Waals surface area contributed by atoms with Crippen molar-refractivity contribution < 1.29 is 9.15 Å². The molecule has 0 saturated carbocycles. The van der Waals surface area contributed by atoms with Crippen LogP contribution in [0.15, 0.2) is 35.2 Å². The summed E-state index contributed by atoms with van der Waals surface area (Å²) in [6.07, 6.45) is 4.87. The van der Waals surface area contributed by atoms with Gasteiger partial charge in [-0.2, -0.15) is 0 Å². The summed E-state index contributed by atoms with van der Waals surface area (Å²) < 4.78 is 11.0. The summed E-state index contributed by atoms with van der Waals surface area (Å²) in [7, 11) is 0. The Hall–Kier alpha value is -1.52. The zero-order valence-corrected chi connectivity index (χ0v) is 11.8. The minimum Gasteiger partial charge on any atom is -0.484 e. The van der Waals surface area contributed by atoms with Gasteiger partial charge in [0, 0.05) is 30.4 Å². The van der Waals surface area contributed by atoms with Crippen LogP contribution < -0.4 is 10.1 Å². The highest BCUT2D eigenvalue weighted by atomic mass is 35.5. The van der Waals surface area contributed by atoms with Crippen LogP contribution in [0.2, 0.25) is 5.02 Å². The molecular formula is C14H17ClN2O2. The second kappa shape index (κ2) is 6.59. The number of furan rings is 1. The zero-order chi connectivity index (χ0) is 13.7. The monoisotopic (exact) mass is 280 g/mol. The first-order valence-electron chi connectivity index (χ1n) is 6.17. The molecular weight excluding hydrogens is 264 g/mol. The van der Waals surface area contributed by atoms with Crippen LogP contribution in [0.1, 0.15) is 25.2 Å². The highest BCUT2D eigenvalue weighted by molar-refractivity contribution is 6.30. The third-order valence-corrected chi connectivity index (χ3v) is 2.79. The Morgan fingerprint density at radius 1 is 1.42 bits per heavy atom. The molecule has 0 aliphatic carbocycles. The Kier molecular flexibility index (Phi) is 4.82. The molecule has 102 valence electrons. The number of halogens is 1. The van der Waals surface area contributed by atoms with Gasteiger partial charge in [0.25, 0.3) is 0 Å². The van der Waals surface area contributed by atoms with Gasteiger partial charge in [-0.3, -0.25) is 4.98 Å². The van der Waals surface area contributed by atoms with Gasteiger partial charge in [-0.05, 0) is 6.07 Å². The van der Waals surface area contributed by atoms with Crippen LogP contribution in [-0.2, 0) is 13.2 Å². The fraction of sp³-hybridized carbons (Fsp3) is 0.357. The topological polar surface area (TPSA) is 47.3 Å². The molecule has 4 nitrogen and oxygen atoms in total. The first-order valence-corrected chi connectivity index (χ1v) is 6.55. The van der Waals surface area contributed by atoms with Crippen molar-refractivity contribution in [3.63, 3.8) is 0 Å². The summed E-state index contributed by atoms with van der Waals surface area (Å²) in [5.74, 6) is 1.44. The lowest BCUT2D eigenvalue weighted by Crippen LogP contribution is -2.22. The summed E-state index contributed by atoms with van der Waals surface area (Å²) in [6.45, 7) is 5.34. The summed E-state index contributed by atoms with van der Waals surface area (Å²) in [5, 5.41) is 3.90. The van der Waals surface area contributed by atoms with Crippen LogP contribution in [0.3, 0.4) is 0 Å². The molecule has 0 bridgehead atoms. The molecule has 0 amide bonds. The number of aromatic nitrogens is 1. The third kappa shape index (κ3) is 4.26. The van der Waals surface area contributed by atoms with E-state index in [-0.39, 0.29) is 0 Å². The molecule has 2 heterocycles. The average Bonchev–Trinajstić information content (AvgIpc) is 2.81. The first-order chi connectivity index (χ1) is 9.15. The second-order valence-corrected chi connectivity index (χ2v) is 4.97. The van der Waals surface area contributed by atoms with Crippen molar-refractivity contribution in [2.45, 2.75) is 33.0 Å². The molecule has 0 radical (unpaired) electrons. The predicted octanol–water partition coefficient (Wildman–Crippen LogP) is 3.41. The van der Waals surface area contributed by atoms with Crippen molar-refractivity contribution >= 4 is 11.6 Å². The minimum absolute atomic E-state index is 0.365. The molecule has 0 fully saturated rings. The number of hydrogen-bond donors (Lipinski definition) is 1. The van der Waals surface area contributed by atoms with Crippen LogP contribution in [0.4, 0.5) is 0 Å². The van der Waals surface area contributed by atoms with Crippen molar-refractivity contribution in [1.29, 1.82) is 0 Å². The van der Waals surface area contributed by atoms with Gasteiger partial charge in [-0.1, -0.05) is 25.4 Å². The van der Waals surface area contributed by atoms with Gasteiger partial charge in [0.1, 0.15) is 18.1 Å². The maximum absolute atomic E-state index is 5.85. The Bertz CT molecular complexity index is 526. The van der Waals surface area contributed by atoms with E-state index in [4.69, 9.17) is 20.8 Å². The third-order valence-electron chi connectivity index (χ3n) is 2.59. The number of rotatable bonds is 6. The van der Waals surface area contributed by atoms with E-state index in [0.717, 1.165) is 17.9 Å². The standard InChI is InChI=1S/C14H17ClN2O2/c1-10(2)17-6-11-3-4-18-14(11)9-19-13-5-12(15)7-16-8-13/h3-5,7-8,10,17H,6,9H2,1-2H3. The van der Waals surface area contributed by atoms with Gasteiger partial charge in [0.2, 0.25) is 0 Å².